The monoisotopic (exact) mass is 664 g/mol. The van der Waals surface area contributed by atoms with Crippen LogP contribution >= 0.6 is 22.6 Å². The molecular weight excluding hydrogens is 623 g/mol. The molecule has 218 valence electrons. The molecule has 8 nitrogen and oxygen atoms in total. The summed E-state index contributed by atoms with van der Waals surface area (Å²) in [5, 5.41) is 23.9. The van der Waals surface area contributed by atoms with Crippen LogP contribution in [0.4, 0.5) is 0 Å². The minimum atomic E-state index is -1.01. The van der Waals surface area contributed by atoms with E-state index in [1.807, 2.05) is 29.2 Å². The van der Waals surface area contributed by atoms with Crippen LogP contribution in [0.3, 0.4) is 0 Å². The lowest BCUT2D eigenvalue weighted by Gasteiger charge is -2.58. The van der Waals surface area contributed by atoms with Crippen LogP contribution in [-0.2, 0) is 14.3 Å². The lowest BCUT2D eigenvalue weighted by Crippen LogP contribution is -2.61. The van der Waals surface area contributed by atoms with Crippen LogP contribution < -0.4 is 10.1 Å². The van der Waals surface area contributed by atoms with Gasteiger partial charge in [-0.15, -0.1) is 0 Å². The van der Waals surface area contributed by atoms with Gasteiger partial charge in [-0.25, -0.2) is 0 Å². The first-order valence-corrected chi connectivity index (χ1v) is 16.0. The lowest BCUT2D eigenvalue weighted by atomic mass is 9.49. The molecule has 0 radical (unpaired) electrons. The number of benzene rings is 1. The van der Waals surface area contributed by atoms with Gasteiger partial charge in [0.1, 0.15) is 24.1 Å². The number of hydrogen-bond acceptors (Lipinski definition) is 6. The largest absolute Gasteiger partial charge is 0.482 e. The number of ether oxygens (including phenoxy) is 2. The molecule has 5 aliphatic carbocycles. The zero-order valence-electron chi connectivity index (χ0n) is 23.0. The van der Waals surface area contributed by atoms with Gasteiger partial charge in [-0.05, 0) is 115 Å². The molecule has 5 fully saturated rings. The standard InChI is InChI=1S/C31H41IN2O6/c32-23-4-1-2-5-25(23)40-27-14-22(29(37)33-7-8-35)13-24(28(27)36)34(30(38)26-6-3-9-39-26)18-31-15-19-10-20(16-31)12-21(11-19)17-31/h1-2,4-5,14,19-21,24,26-28,35-36H,3,6-13,15-18H2,(H,33,37). The van der Waals surface area contributed by atoms with Gasteiger partial charge in [-0.1, -0.05) is 12.1 Å². The van der Waals surface area contributed by atoms with Crippen molar-refractivity contribution in [2.24, 2.45) is 23.2 Å². The molecule has 0 aromatic heterocycles. The molecule has 0 spiro atoms. The number of rotatable bonds is 9. The van der Waals surface area contributed by atoms with Gasteiger partial charge in [-0.3, -0.25) is 9.59 Å². The second-order valence-corrected chi connectivity index (χ2v) is 14.0. The Balaban J connectivity index is 1.33. The van der Waals surface area contributed by atoms with Crippen molar-refractivity contribution in [1.82, 2.24) is 10.2 Å². The van der Waals surface area contributed by atoms with Gasteiger partial charge in [0.25, 0.3) is 5.91 Å². The maximum atomic E-state index is 14.2. The van der Waals surface area contributed by atoms with Crippen LogP contribution in [-0.4, -0.2) is 77.6 Å². The Morgan fingerprint density at radius 1 is 1.12 bits per heavy atom. The van der Waals surface area contributed by atoms with E-state index in [4.69, 9.17) is 9.47 Å². The summed E-state index contributed by atoms with van der Waals surface area (Å²) in [7, 11) is 0. The summed E-state index contributed by atoms with van der Waals surface area (Å²) in [6.45, 7) is 1.14. The Labute approximate surface area is 250 Å². The van der Waals surface area contributed by atoms with Crippen molar-refractivity contribution in [3.05, 3.63) is 39.5 Å². The maximum absolute atomic E-state index is 14.2. The number of carbonyl (C=O) groups excluding carboxylic acids is 2. The van der Waals surface area contributed by atoms with Crippen molar-refractivity contribution in [1.29, 1.82) is 0 Å². The first-order chi connectivity index (χ1) is 19.3. The van der Waals surface area contributed by atoms with E-state index in [1.54, 1.807) is 6.08 Å². The topological polar surface area (TPSA) is 108 Å². The van der Waals surface area contributed by atoms with Gasteiger partial charge >= 0.3 is 0 Å². The molecule has 1 aliphatic heterocycles. The van der Waals surface area contributed by atoms with Gasteiger partial charge in [0, 0.05) is 31.7 Å². The highest BCUT2D eigenvalue weighted by Crippen LogP contribution is 2.60. The number of aliphatic hydroxyl groups excluding tert-OH is 2. The van der Waals surface area contributed by atoms with Crippen LogP contribution in [0.5, 0.6) is 5.75 Å². The van der Waals surface area contributed by atoms with E-state index in [2.05, 4.69) is 27.9 Å². The number of hydrogen-bond donors (Lipinski definition) is 3. The van der Waals surface area contributed by atoms with E-state index >= 15 is 0 Å². The number of aliphatic hydroxyl groups is 2. The fourth-order valence-electron chi connectivity index (χ4n) is 8.63. The van der Waals surface area contributed by atoms with Crippen LogP contribution in [0.25, 0.3) is 0 Å². The molecular formula is C31H41IN2O6. The van der Waals surface area contributed by atoms with Crippen LogP contribution in [0.15, 0.2) is 35.9 Å². The number of nitrogens with zero attached hydrogens (tertiary/aromatic N) is 1. The number of amides is 2. The second kappa shape index (κ2) is 11.9. The summed E-state index contributed by atoms with van der Waals surface area (Å²) in [6.07, 6.45) is 8.49. The molecule has 4 bridgehead atoms. The Bertz CT molecular complexity index is 1100. The molecule has 2 amide bonds. The molecule has 4 unspecified atom stereocenters. The number of carbonyl (C=O) groups is 2. The molecule has 1 aromatic rings. The van der Waals surface area contributed by atoms with Crippen molar-refractivity contribution in [3.63, 3.8) is 0 Å². The van der Waals surface area contributed by atoms with Gasteiger partial charge in [0.05, 0.1) is 16.2 Å². The quantitative estimate of drug-likeness (QED) is 0.350. The van der Waals surface area contributed by atoms with E-state index in [9.17, 15) is 19.8 Å². The van der Waals surface area contributed by atoms with Crippen molar-refractivity contribution in [2.45, 2.75) is 82.1 Å². The third kappa shape index (κ3) is 5.80. The zero-order chi connectivity index (χ0) is 27.9. The number of nitrogens with one attached hydrogen (secondary N) is 1. The SMILES string of the molecule is O=C(NCCO)C1=CC(Oc2ccccc2I)C(O)C(N(CC23CC4CC(CC(C4)C2)C3)C(=O)C2CCCO2)C1. The molecule has 7 rings (SSSR count). The molecule has 4 saturated carbocycles. The summed E-state index contributed by atoms with van der Waals surface area (Å²) in [6, 6.07) is 6.97. The van der Waals surface area contributed by atoms with Gasteiger partial charge in [-0.2, -0.15) is 0 Å². The Kier molecular flexibility index (Phi) is 8.45. The summed E-state index contributed by atoms with van der Waals surface area (Å²) < 4.78 is 13.1. The molecule has 4 atom stereocenters. The molecule has 9 heteroatoms. The van der Waals surface area contributed by atoms with Gasteiger partial charge in [0.15, 0.2) is 0 Å². The average Bonchev–Trinajstić information content (AvgIpc) is 3.47. The number of para-hydroxylation sites is 1. The van der Waals surface area contributed by atoms with Crippen molar-refractivity contribution in [2.75, 3.05) is 26.3 Å². The average molecular weight is 665 g/mol. The molecule has 40 heavy (non-hydrogen) atoms. The third-order valence-electron chi connectivity index (χ3n) is 9.87. The number of halogens is 1. The van der Waals surface area contributed by atoms with E-state index in [0.29, 0.717) is 30.9 Å². The summed E-state index contributed by atoms with van der Waals surface area (Å²) in [5.74, 6) is 2.45. The van der Waals surface area contributed by atoms with E-state index in [0.717, 1.165) is 47.0 Å². The van der Waals surface area contributed by atoms with Crippen LogP contribution in [0.2, 0.25) is 0 Å². The fraction of sp³-hybridized carbons (Fsp3) is 0.677. The third-order valence-corrected chi connectivity index (χ3v) is 10.8. The molecule has 3 N–H and O–H groups in total. The molecule has 1 heterocycles. The zero-order valence-corrected chi connectivity index (χ0v) is 25.1. The predicted molar refractivity (Wildman–Crippen MR) is 157 cm³/mol. The second-order valence-electron chi connectivity index (χ2n) is 12.8. The van der Waals surface area contributed by atoms with Crippen molar-refractivity contribution >= 4 is 34.4 Å². The molecule has 1 aromatic carbocycles. The summed E-state index contributed by atoms with van der Waals surface area (Å²) in [5.41, 5.74) is 0.532. The van der Waals surface area contributed by atoms with Crippen molar-refractivity contribution < 1.29 is 29.3 Å². The fourth-order valence-corrected chi connectivity index (χ4v) is 9.14. The van der Waals surface area contributed by atoms with Crippen molar-refractivity contribution in [3.8, 4) is 5.75 Å². The normalized spacial score (nSPS) is 36.3. The molecule has 6 aliphatic rings. The first kappa shape index (κ1) is 28.4. The lowest BCUT2D eigenvalue weighted by molar-refractivity contribution is -0.155. The highest BCUT2D eigenvalue weighted by atomic mass is 127. The van der Waals surface area contributed by atoms with E-state index < -0.39 is 24.4 Å². The van der Waals surface area contributed by atoms with Crippen LogP contribution in [0, 0.1) is 26.7 Å². The summed E-state index contributed by atoms with van der Waals surface area (Å²) >= 11 is 2.20. The maximum Gasteiger partial charge on any atom is 0.252 e. The highest BCUT2D eigenvalue weighted by Gasteiger charge is 2.53. The first-order valence-electron chi connectivity index (χ1n) is 15.0. The Morgan fingerprint density at radius 2 is 1.82 bits per heavy atom. The predicted octanol–water partition coefficient (Wildman–Crippen LogP) is 3.43. The smallest absolute Gasteiger partial charge is 0.252 e. The van der Waals surface area contributed by atoms with Gasteiger partial charge in [0.2, 0.25) is 5.91 Å². The summed E-state index contributed by atoms with van der Waals surface area (Å²) in [4.78, 5) is 29.2. The highest BCUT2D eigenvalue weighted by molar-refractivity contribution is 14.1. The van der Waals surface area contributed by atoms with Crippen LogP contribution in [0.1, 0.15) is 57.8 Å². The van der Waals surface area contributed by atoms with E-state index in [1.165, 1.54) is 19.3 Å². The Hall–Kier alpha value is -1.69. The minimum absolute atomic E-state index is 0.0639. The minimum Gasteiger partial charge on any atom is -0.482 e. The van der Waals surface area contributed by atoms with Gasteiger partial charge < -0.3 is 29.9 Å². The van der Waals surface area contributed by atoms with E-state index in [-0.39, 0.29) is 36.8 Å². The molecule has 1 saturated heterocycles. The Morgan fingerprint density at radius 3 is 2.45 bits per heavy atom.